The van der Waals surface area contributed by atoms with Crippen LogP contribution in [-0.4, -0.2) is 39.2 Å². The van der Waals surface area contributed by atoms with Gasteiger partial charge < -0.3 is 9.80 Å². The summed E-state index contributed by atoms with van der Waals surface area (Å²) in [6.07, 6.45) is 10.2. The molecule has 4 heteroatoms. The van der Waals surface area contributed by atoms with E-state index in [1.165, 1.54) is 35.3 Å². The maximum atomic E-state index is 4.69. The predicted octanol–water partition coefficient (Wildman–Crippen LogP) is 4.58. The van der Waals surface area contributed by atoms with E-state index in [2.05, 4.69) is 98.8 Å². The number of nitrogens with zero attached hydrogens (tertiary/aromatic N) is 4. The molecule has 1 aliphatic carbocycles. The summed E-state index contributed by atoms with van der Waals surface area (Å²) in [6.45, 7) is 4.31. The lowest BCUT2D eigenvalue weighted by Gasteiger charge is -2.32. The number of hydrogen-bond acceptors (Lipinski definition) is 3. The van der Waals surface area contributed by atoms with Crippen molar-refractivity contribution in [3.05, 3.63) is 96.1 Å². The van der Waals surface area contributed by atoms with Crippen LogP contribution in [0.3, 0.4) is 0 Å². The minimum absolute atomic E-state index is 0.637. The van der Waals surface area contributed by atoms with E-state index >= 15 is 0 Å². The van der Waals surface area contributed by atoms with Gasteiger partial charge in [0, 0.05) is 44.3 Å². The quantitative estimate of drug-likeness (QED) is 0.622. The molecule has 0 saturated carbocycles. The van der Waals surface area contributed by atoms with E-state index < -0.39 is 0 Å². The predicted molar refractivity (Wildman–Crippen MR) is 117 cm³/mol. The van der Waals surface area contributed by atoms with Crippen molar-refractivity contribution in [1.82, 2.24) is 19.6 Å². The molecule has 0 saturated heterocycles. The molecule has 29 heavy (non-hydrogen) atoms. The van der Waals surface area contributed by atoms with Gasteiger partial charge in [-0.25, -0.2) is 4.68 Å². The standard InChI is InChI=1S/C25H28N4/c1-3-7-21(8-4-1)20-28-17-15-27(16-18-28)14-13-22-11-12-25-24(22)19-26-29(25)23-9-5-2-6-10-23/h1-10,15,17,19,22H,11-14,16,18,20H2. The summed E-state index contributed by atoms with van der Waals surface area (Å²) >= 11 is 0. The van der Waals surface area contributed by atoms with Crippen molar-refractivity contribution >= 4 is 0 Å². The molecular weight excluding hydrogens is 356 g/mol. The first-order valence-corrected chi connectivity index (χ1v) is 10.7. The fourth-order valence-electron chi connectivity index (χ4n) is 4.59. The van der Waals surface area contributed by atoms with Crippen molar-refractivity contribution < 1.29 is 0 Å². The molecule has 0 amide bonds. The third kappa shape index (κ3) is 3.93. The molecule has 1 aliphatic heterocycles. The molecule has 0 spiro atoms. The first-order valence-electron chi connectivity index (χ1n) is 10.7. The molecule has 4 nitrogen and oxygen atoms in total. The highest BCUT2D eigenvalue weighted by Crippen LogP contribution is 2.36. The van der Waals surface area contributed by atoms with Crippen molar-refractivity contribution in [3.63, 3.8) is 0 Å². The molecule has 3 aromatic rings. The van der Waals surface area contributed by atoms with Gasteiger partial charge in [0.2, 0.25) is 0 Å². The number of fused-ring (bicyclic) bond motifs is 1. The maximum Gasteiger partial charge on any atom is 0.0648 e. The van der Waals surface area contributed by atoms with Crippen LogP contribution in [0.5, 0.6) is 0 Å². The van der Waals surface area contributed by atoms with Gasteiger partial charge in [-0.05, 0) is 48.4 Å². The Morgan fingerprint density at radius 3 is 2.34 bits per heavy atom. The minimum Gasteiger partial charge on any atom is -0.374 e. The molecule has 2 aliphatic rings. The number of benzene rings is 2. The van der Waals surface area contributed by atoms with Gasteiger partial charge in [-0.2, -0.15) is 5.10 Å². The van der Waals surface area contributed by atoms with Crippen molar-refractivity contribution in [2.24, 2.45) is 0 Å². The Hall–Kier alpha value is -3.01. The van der Waals surface area contributed by atoms with Gasteiger partial charge in [-0.1, -0.05) is 48.5 Å². The van der Waals surface area contributed by atoms with Gasteiger partial charge in [-0.15, -0.1) is 0 Å². The zero-order valence-corrected chi connectivity index (χ0v) is 16.8. The van der Waals surface area contributed by atoms with Crippen LogP contribution < -0.4 is 0 Å². The Labute approximate surface area is 173 Å². The highest BCUT2D eigenvalue weighted by atomic mass is 15.3. The lowest BCUT2D eigenvalue weighted by Crippen LogP contribution is -2.35. The summed E-state index contributed by atoms with van der Waals surface area (Å²) in [6, 6.07) is 21.2. The van der Waals surface area contributed by atoms with Gasteiger partial charge in [0.15, 0.2) is 0 Å². The van der Waals surface area contributed by atoms with Gasteiger partial charge >= 0.3 is 0 Å². The lowest BCUT2D eigenvalue weighted by atomic mass is 10.00. The third-order valence-corrected chi connectivity index (χ3v) is 6.23. The molecule has 0 radical (unpaired) electrons. The Bertz CT molecular complexity index is 961. The first kappa shape index (κ1) is 18.0. The van der Waals surface area contributed by atoms with E-state index in [9.17, 15) is 0 Å². The van der Waals surface area contributed by atoms with Gasteiger partial charge in [-0.3, -0.25) is 0 Å². The second-order valence-corrected chi connectivity index (χ2v) is 8.11. The molecule has 0 fully saturated rings. The number of rotatable bonds is 6. The Morgan fingerprint density at radius 2 is 1.59 bits per heavy atom. The van der Waals surface area contributed by atoms with Gasteiger partial charge in [0.05, 0.1) is 11.9 Å². The molecule has 2 aromatic carbocycles. The van der Waals surface area contributed by atoms with Crippen LogP contribution in [-0.2, 0) is 13.0 Å². The minimum atomic E-state index is 0.637. The summed E-state index contributed by atoms with van der Waals surface area (Å²) in [5.74, 6) is 0.637. The van der Waals surface area contributed by atoms with Gasteiger partial charge in [0.25, 0.3) is 0 Å². The van der Waals surface area contributed by atoms with Crippen LogP contribution in [0.1, 0.15) is 35.6 Å². The fraction of sp³-hybridized carbons (Fsp3) is 0.320. The maximum absolute atomic E-state index is 4.69. The molecule has 0 N–H and O–H groups in total. The Kier molecular flexibility index (Phi) is 5.08. The number of para-hydroxylation sites is 1. The van der Waals surface area contributed by atoms with Crippen molar-refractivity contribution in [1.29, 1.82) is 0 Å². The normalized spacial score (nSPS) is 18.3. The summed E-state index contributed by atoms with van der Waals surface area (Å²) < 4.78 is 2.14. The zero-order valence-electron chi connectivity index (χ0n) is 16.8. The van der Waals surface area contributed by atoms with Crippen molar-refractivity contribution in [2.75, 3.05) is 19.6 Å². The molecule has 1 unspecified atom stereocenters. The average Bonchev–Trinajstić information content (AvgIpc) is 3.37. The topological polar surface area (TPSA) is 24.3 Å². The molecule has 1 atom stereocenters. The van der Waals surface area contributed by atoms with Crippen molar-refractivity contribution in [2.45, 2.75) is 31.7 Å². The lowest BCUT2D eigenvalue weighted by molar-refractivity contribution is 0.250. The first-order chi connectivity index (χ1) is 14.4. The van der Waals surface area contributed by atoms with Crippen LogP contribution in [0.4, 0.5) is 0 Å². The highest BCUT2D eigenvalue weighted by molar-refractivity contribution is 5.38. The molecule has 1 aromatic heterocycles. The molecular formula is C25H28N4. The van der Waals surface area contributed by atoms with Gasteiger partial charge in [0.1, 0.15) is 0 Å². The summed E-state index contributed by atoms with van der Waals surface area (Å²) in [7, 11) is 0. The van der Waals surface area contributed by atoms with E-state index in [0.29, 0.717) is 5.92 Å². The second-order valence-electron chi connectivity index (χ2n) is 8.11. The van der Waals surface area contributed by atoms with E-state index in [4.69, 9.17) is 0 Å². The molecule has 148 valence electrons. The number of hydrogen-bond donors (Lipinski definition) is 0. The largest absolute Gasteiger partial charge is 0.374 e. The Balaban J connectivity index is 1.17. The number of aromatic nitrogens is 2. The fourth-order valence-corrected chi connectivity index (χ4v) is 4.59. The van der Waals surface area contributed by atoms with Crippen LogP contribution in [0.2, 0.25) is 0 Å². The van der Waals surface area contributed by atoms with Crippen LogP contribution in [0.25, 0.3) is 5.69 Å². The second kappa shape index (κ2) is 8.16. The monoisotopic (exact) mass is 384 g/mol. The molecule has 0 bridgehead atoms. The summed E-state index contributed by atoms with van der Waals surface area (Å²) in [4.78, 5) is 4.88. The van der Waals surface area contributed by atoms with Crippen LogP contribution >= 0.6 is 0 Å². The van der Waals surface area contributed by atoms with E-state index in [-0.39, 0.29) is 0 Å². The Morgan fingerprint density at radius 1 is 0.862 bits per heavy atom. The SMILES string of the molecule is C1=CN(Cc2ccccc2)CCN1CCC1CCc2c1cnn2-c1ccccc1. The summed E-state index contributed by atoms with van der Waals surface area (Å²) in [5.41, 5.74) is 5.41. The average molecular weight is 385 g/mol. The molecule has 5 rings (SSSR count). The molecule has 2 heterocycles. The van der Waals surface area contributed by atoms with E-state index in [0.717, 1.165) is 32.6 Å². The van der Waals surface area contributed by atoms with E-state index in [1.54, 1.807) is 0 Å². The highest BCUT2D eigenvalue weighted by Gasteiger charge is 2.27. The van der Waals surface area contributed by atoms with Crippen LogP contribution in [0.15, 0.2) is 79.3 Å². The van der Waals surface area contributed by atoms with Crippen molar-refractivity contribution in [3.8, 4) is 5.69 Å². The third-order valence-electron chi connectivity index (χ3n) is 6.23. The zero-order chi connectivity index (χ0) is 19.5. The van der Waals surface area contributed by atoms with E-state index in [1.807, 2.05) is 0 Å². The summed E-state index contributed by atoms with van der Waals surface area (Å²) in [5, 5.41) is 4.69. The smallest absolute Gasteiger partial charge is 0.0648 e. The van der Waals surface area contributed by atoms with Crippen LogP contribution in [0, 0.1) is 0 Å².